The number of carbonyl (C=O) groups is 2. The molecule has 0 aliphatic heterocycles. The Morgan fingerprint density at radius 2 is 1.69 bits per heavy atom. The van der Waals surface area contributed by atoms with Gasteiger partial charge < -0.3 is 10.2 Å². The summed E-state index contributed by atoms with van der Waals surface area (Å²) in [7, 11) is -3.93. The Morgan fingerprint density at radius 3 is 2.26 bits per heavy atom. The number of carbonyl (C=O) groups excluding carboxylic acids is 2. The van der Waals surface area contributed by atoms with E-state index in [4.69, 9.17) is 0 Å². The van der Waals surface area contributed by atoms with E-state index in [0.717, 1.165) is 46.3 Å². The molecule has 0 aromatic heterocycles. The van der Waals surface area contributed by atoms with Gasteiger partial charge in [0, 0.05) is 25.6 Å². The first-order chi connectivity index (χ1) is 18.2. The first-order valence-corrected chi connectivity index (χ1v) is 14.8. The van der Waals surface area contributed by atoms with Gasteiger partial charge in [-0.25, -0.2) is 8.42 Å². The van der Waals surface area contributed by atoms with Crippen molar-refractivity contribution >= 4 is 27.5 Å². The lowest BCUT2D eigenvalue weighted by molar-refractivity contribution is -0.141. The van der Waals surface area contributed by atoms with Gasteiger partial charge in [0.1, 0.15) is 6.04 Å². The number of rotatable bonds is 13. The Hall–Kier alpha value is -3.08. The molecule has 39 heavy (non-hydrogen) atoms. The fraction of sp³-hybridized carbons (Fsp3) is 0.500. The Balaban J connectivity index is 2.28. The van der Waals surface area contributed by atoms with Crippen molar-refractivity contribution in [2.45, 2.75) is 78.2 Å². The fourth-order valence-electron chi connectivity index (χ4n) is 4.17. The maximum atomic E-state index is 13.5. The zero-order chi connectivity index (χ0) is 29.4. The van der Waals surface area contributed by atoms with E-state index in [1.807, 2.05) is 52.0 Å². The smallest absolute Gasteiger partial charge is 0.352 e. The van der Waals surface area contributed by atoms with E-state index in [1.54, 1.807) is 0 Å². The third-order valence-electron chi connectivity index (χ3n) is 6.60. The van der Waals surface area contributed by atoms with Crippen molar-refractivity contribution in [1.82, 2.24) is 10.2 Å². The summed E-state index contributed by atoms with van der Waals surface area (Å²) in [6.45, 7) is 7.56. The van der Waals surface area contributed by atoms with Crippen LogP contribution in [0.1, 0.15) is 63.1 Å². The third kappa shape index (κ3) is 9.26. The minimum atomic E-state index is -4.63. The number of halogens is 3. The number of hydrogen-bond acceptors (Lipinski definition) is 4. The van der Waals surface area contributed by atoms with Gasteiger partial charge in [0.2, 0.25) is 21.8 Å². The Labute approximate surface area is 229 Å². The van der Waals surface area contributed by atoms with Crippen molar-refractivity contribution in [1.29, 1.82) is 0 Å². The van der Waals surface area contributed by atoms with Crippen LogP contribution >= 0.6 is 0 Å². The van der Waals surface area contributed by atoms with E-state index < -0.39 is 27.8 Å². The molecule has 1 N–H and O–H groups in total. The molecular formula is C28H38F3N3O4S. The Morgan fingerprint density at radius 1 is 1.03 bits per heavy atom. The van der Waals surface area contributed by atoms with Crippen LogP contribution in [-0.4, -0.2) is 50.0 Å². The molecule has 2 aromatic rings. The van der Waals surface area contributed by atoms with Crippen LogP contribution in [0.3, 0.4) is 0 Å². The molecular weight excluding hydrogens is 531 g/mol. The summed E-state index contributed by atoms with van der Waals surface area (Å²) >= 11 is 0. The molecule has 0 unspecified atom stereocenters. The minimum Gasteiger partial charge on any atom is -0.352 e. The van der Waals surface area contributed by atoms with Crippen LogP contribution in [0.2, 0.25) is 0 Å². The molecule has 2 amide bonds. The maximum Gasteiger partial charge on any atom is 0.416 e. The summed E-state index contributed by atoms with van der Waals surface area (Å²) in [5, 5.41) is 2.94. The van der Waals surface area contributed by atoms with Crippen molar-refractivity contribution in [2.24, 2.45) is 0 Å². The van der Waals surface area contributed by atoms with Crippen LogP contribution in [0.25, 0.3) is 0 Å². The van der Waals surface area contributed by atoms with Crippen molar-refractivity contribution < 1.29 is 31.2 Å². The van der Waals surface area contributed by atoms with Gasteiger partial charge in [0.15, 0.2) is 0 Å². The molecule has 2 aromatic carbocycles. The van der Waals surface area contributed by atoms with E-state index in [-0.39, 0.29) is 49.5 Å². The first-order valence-electron chi connectivity index (χ1n) is 13.0. The summed E-state index contributed by atoms with van der Waals surface area (Å²) in [6, 6.07) is 10.8. The van der Waals surface area contributed by atoms with Crippen LogP contribution in [-0.2, 0) is 32.3 Å². The number of aryl methyl sites for hydroxylation is 1. The van der Waals surface area contributed by atoms with Crippen LogP contribution in [0.4, 0.5) is 18.9 Å². The molecule has 216 valence electrons. The number of anilines is 1. The molecule has 2 atom stereocenters. The largest absolute Gasteiger partial charge is 0.416 e. The standard InChI is InChI=1S/C28H38F3N3O4S/c1-6-21(4)32-27(36)25(7-2)33(19-22-13-9-8-12-20(22)3)26(35)16-11-17-34(39(5,37)38)24-15-10-14-23(18-24)28(29,30)31/h8-10,12-15,18,21,25H,6-7,11,16-17,19H2,1-5H3,(H,32,36)/t21-,25+/m0/s1. The van der Waals surface area contributed by atoms with Crippen molar-refractivity contribution in [2.75, 3.05) is 17.1 Å². The molecule has 7 nitrogen and oxygen atoms in total. The van der Waals surface area contributed by atoms with E-state index in [0.29, 0.717) is 6.42 Å². The van der Waals surface area contributed by atoms with Crippen LogP contribution in [0.5, 0.6) is 0 Å². The molecule has 0 spiro atoms. The summed E-state index contributed by atoms with van der Waals surface area (Å²) in [5.41, 5.74) is 0.741. The molecule has 0 saturated carbocycles. The molecule has 0 fully saturated rings. The van der Waals surface area contributed by atoms with Gasteiger partial charge in [0.25, 0.3) is 0 Å². The normalized spacial score (nSPS) is 13.4. The van der Waals surface area contributed by atoms with Crippen molar-refractivity contribution in [3.05, 3.63) is 65.2 Å². The minimum absolute atomic E-state index is 0.0514. The zero-order valence-electron chi connectivity index (χ0n) is 23.1. The number of benzene rings is 2. The average Bonchev–Trinajstić information content (AvgIpc) is 2.86. The molecule has 0 heterocycles. The number of alkyl halides is 3. The Bertz CT molecular complexity index is 1230. The second-order valence-electron chi connectivity index (χ2n) is 9.68. The summed E-state index contributed by atoms with van der Waals surface area (Å²) < 4.78 is 65.4. The van der Waals surface area contributed by atoms with E-state index in [1.165, 1.54) is 11.0 Å². The molecule has 0 saturated heterocycles. The molecule has 2 rings (SSSR count). The van der Waals surface area contributed by atoms with Gasteiger partial charge in [-0.1, -0.05) is 44.2 Å². The van der Waals surface area contributed by atoms with Gasteiger partial charge in [-0.05, 0) is 62.4 Å². The predicted molar refractivity (Wildman–Crippen MR) is 147 cm³/mol. The number of nitrogens with zero attached hydrogens (tertiary/aromatic N) is 2. The fourth-order valence-corrected chi connectivity index (χ4v) is 5.13. The molecule has 0 bridgehead atoms. The second-order valence-corrected chi connectivity index (χ2v) is 11.6. The number of hydrogen-bond donors (Lipinski definition) is 1. The Kier molecular flexibility index (Phi) is 11.4. The first kappa shape index (κ1) is 32.1. The van der Waals surface area contributed by atoms with Crippen LogP contribution in [0.15, 0.2) is 48.5 Å². The summed E-state index contributed by atoms with van der Waals surface area (Å²) in [6.07, 6.45) is -2.66. The van der Waals surface area contributed by atoms with Crippen LogP contribution < -0.4 is 9.62 Å². The monoisotopic (exact) mass is 569 g/mol. The van der Waals surface area contributed by atoms with E-state index in [2.05, 4.69) is 5.32 Å². The van der Waals surface area contributed by atoms with Crippen molar-refractivity contribution in [3.63, 3.8) is 0 Å². The highest BCUT2D eigenvalue weighted by molar-refractivity contribution is 7.92. The molecule has 0 aliphatic carbocycles. The molecule has 0 aliphatic rings. The average molecular weight is 570 g/mol. The van der Waals surface area contributed by atoms with Gasteiger partial charge in [0.05, 0.1) is 17.5 Å². The zero-order valence-corrected chi connectivity index (χ0v) is 23.9. The van der Waals surface area contributed by atoms with E-state index >= 15 is 0 Å². The topological polar surface area (TPSA) is 86.8 Å². The highest BCUT2D eigenvalue weighted by atomic mass is 32.2. The van der Waals surface area contributed by atoms with Crippen molar-refractivity contribution in [3.8, 4) is 0 Å². The highest BCUT2D eigenvalue weighted by Gasteiger charge is 2.32. The lowest BCUT2D eigenvalue weighted by Gasteiger charge is -2.32. The quantitative estimate of drug-likeness (QED) is 0.356. The van der Waals surface area contributed by atoms with Crippen LogP contribution in [0, 0.1) is 6.92 Å². The molecule has 0 radical (unpaired) electrons. The third-order valence-corrected chi connectivity index (χ3v) is 7.80. The van der Waals surface area contributed by atoms with Gasteiger partial charge in [-0.2, -0.15) is 13.2 Å². The van der Waals surface area contributed by atoms with Gasteiger partial charge in [-0.3, -0.25) is 13.9 Å². The molecule has 11 heteroatoms. The number of nitrogens with one attached hydrogen (secondary N) is 1. The maximum absolute atomic E-state index is 13.5. The van der Waals surface area contributed by atoms with Gasteiger partial charge in [-0.15, -0.1) is 0 Å². The van der Waals surface area contributed by atoms with Gasteiger partial charge >= 0.3 is 6.18 Å². The lowest BCUT2D eigenvalue weighted by Crippen LogP contribution is -2.50. The van der Waals surface area contributed by atoms with E-state index in [9.17, 15) is 31.2 Å². The summed E-state index contributed by atoms with van der Waals surface area (Å²) in [5.74, 6) is -0.614. The SMILES string of the molecule is CC[C@H](C(=O)N[C@@H](C)CC)N(Cc1ccccc1C)C(=O)CCCN(c1cccc(C(F)(F)F)c1)S(C)(=O)=O. The second kappa shape index (κ2) is 13.8. The number of amides is 2. The number of sulfonamides is 1. The predicted octanol–water partition coefficient (Wildman–Crippen LogP) is 5.28. The lowest BCUT2D eigenvalue weighted by atomic mass is 10.0. The summed E-state index contributed by atoms with van der Waals surface area (Å²) in [4.78, 5) is 28.1. The highest BCUT2D eigenvalue weighted by Crippen LogP contribution is 2.32.